The van der Waals surface area contributed by atoms with E-state index in [1.54, 1.807) is 0 Å². The first kappa shape index (κ1) is 20.6. The quantitative estimate of drug-likeness (QED) is 0.395. The maximum absolute atomic E-state index is 12.7. The highest BCUT2D eigenvalue weighted by atomic mass is 32.2. The van der Waals surface area contributed by atoms with Crippen molar-refractivity contribution in [3.63, 3.8) is 0 Å². The van der Waals surface area contributed by atoms with E-state index in [9.17, 15) is 13.2 Å². The van der Waals surface area contributed by atoms with E-state index in [-0.39, 0.29) is 17.1 Å². The molecular formula is C23H22N4O3S. The Balaban J connectivity index is 1.42. The van der Waals surface area contributed by atoms with Crippen molar-refractivity contribution in [3.8, 4) is 0 Å². The Bertz CT molecular complexity index is 1300. The summed E-state index contributed by atoms with van der Waals surface area (Å²) in [5, 5.41) is 11.3. The summed E-state index contributed by atoms with van der Waals surface area (Å²) in [5.41, 5.74) is 2.02. The van der Waals surface area contributed by atoms with Crippen molar-refractivity contribution in [1.29, 1.82) is 0 Å². The molecule has 31 heavy (non-hydrogen) atoms. The van der Waals surface area contributed by atoms with Crippen LogP contribution in [-0.2, 0) is 23.0 Å². The lowest BCUT2D eigenvalue weighted by molar-refractivity contribution is 0.0947. The normalized spacial score (nSPS) is 11.4. The van der Waals surface area contributed by atoms with E-state index >= 15 is 0 Å². The molecule has 4 rings (SSSR count). The van der Waals surface area contributed by atoms with Crippen LogP contribution in [0.2, 0.25) is 0 Å². The number of amides is 1. The van der Waals surface area contributed by atoms with Gasteiger partial charge in [0.2, 0.25) is 10.0 Å². The molecule has 1 heterocycles. The molecule has 0 aliphatic rings. The van der Waals surface area contributed by atoms with Crippen molar-refractivity contribution in [1.82, 2.24) is 15.5 Å². The van der Waals surface area contributed by atoms with Crippen LogP contribution in [0.1, 0.15) is 21.6 Å². The predicted molar refractivity (Wildman–Crippen MR) is 121 cm³/mol. The van der Waals surface area contributed by atoms with Gasteiger partial charge in [0.1, 0.15) is 0 Å². The van der Waals surface area contributed by atoms with Crippen LogP contribution in [-0.4, -0.2) is 30.3 Å². The molecule has 0 atom stereocenters. The van der Waals surface area contributed by atoms with Gasteiger partial charge in [-0.25, -0.2) is 8.42 Å². The number of fused-ring (bicyclic) bond motifs is 1. The SMILES string of the molecule is O=C(NCc1ccccc1)c1n[nH]cc1NS(=O)(=O)CCc1cccc2ccccc12. The monoisotopic (exact) mass is 434 g/mol. The number of aryl methyl sites for hydroxylation is 1. The highest BCUT2D eigenvalue weighted by Gasteiger charge is 2.19. The van der Waals surface area contributed by atoms with Crippen molar-refractivity contribution in [2.75, 3.05) is 10.5 Å². The van der Waals surface area contributed by atoms with E-state index in [0.717, 1.165) is 21.9 Å². The number of hydrogen-bond acceptors (Lipinski definition) is 4. The summed E-state index contributed by atoms with van der Waals surface area (Å²) < 4.78 is 27.8. The molecule has 3 aromatic carbocycles. The first-order chi connectivity index (χ1) is 15.0. The van der Waals surface area contributed by atoms with Crippen LogP contribution >= 0.6 is 0 Å². The fraction of sp³-hybridized carbons (Fsp3) is 0.130. The Kier molecular flexibility index (Phi) is 5.99. The minimum atomic E-state index is -3.68. The minimum Gasteiger partial charge on any atom is -0.346 e. The molecule has 0 saturated heterocycles. The number of aromatic amines is 1. The molecule has 0 aliphatic carbocycles. The lowest BCUT2D eigenvalue weighted by Gasteiger charge is -2.10. The molecule has 1 aromatic heterocycles. The van der Waals surface area contributed by atoms with Crippen molar-refractivity contribution in [3.05, 3.63) is 95.8 Å². The Morgan fingerprint density at radius 3 is 2.52 bits per heavy atom. The Labute approximate surface area is 180 Å². The fourth-order valence-corrected chi connectivity index (χ4v) is 4.46. The smallest absolute Gasteiger partial charge is 0.274 e. The van der Waals surface area contributed by atoms with Gasteiger partial charge in [-0.05, 0) is 28.3 Å². The number of nitrogens with zero attached hydrogens (tertiary/aromatic N) is 1. The topological polar surface area (TPSA) is 104 Å². The molecule has 0 aliphatic heterocycles. The summed E-state index contributed by atoms with van der Waals surface area (Å²) in [6.45, 7) is 0.319. The molecule has 0 unspecified atom stereocenters. The van der Waals surface area contributed by atoms with Crippen molar-refractivity contribution in [2.45, 2.75) is 13.0 Å². The van der Waals surface area contributed by atoms with E-state index in [1.807, 2.05) is 72.8 Å². The maximum atomic E-state index is 12.7. The van der Waals surface area contributed by atoms with Gasteiger partial charge < -0.3 is 5.32 Å². The first-order valence-electron chi connectivity index (χ1n) is 9.85. The zero-order valence-corrected chi connectivity index (χ0v) is 17.5. The largest absolute Gasteiger partial charge is 0.346 e. The molecule has 3 N–H and O–H groups in total. The minimum absolute atomic E-state index is 0.00432. The summed E-state index contributed by atoms with van der Waals surface area (Å²) in [4.78, 5) is 12.5. The van der Waals surface area contributed by atoms with Gasteiger partial charge in [-0.3, -0.25) is 14.6 Å². The summed E-state index contributed by atoms with van der Waals surface area (Å²) in [6, 6.07) is 23.1. The highest BCUT2D eigenvalue weighted by molar-refractivity contribution is 7.92. The number of nitrogens with one attached hydrogen (secondary N) is 3. The molecule has 0 bridgehead atoms. The number of carbonyl (C=O) groups excluding carboxylic acids is 1. The van der Waals surface area contributed by atoms with E-state index in [2.05, 4.69) is 20.2 Å². The summed E-state index contributed by atoms with van der Waals surface area (Å²) in [6.07, 6.45) is 1.72. The molecule has 158 valence electrons. The zero-order valence-electron chi connectivity index (χ0n) is 16.7. The lowest BCUT2D eigenvalue weighted by atomic mass is 10.0. The number of H-pyrrole nitrogens is 1. The number of aromatic nitrogens is 2. The summed E-state index contributed by atoms with van der Waals surface area (Å²) >= 11 is 0. The fourth-order valence-electron chi connectivity index (χ4n) is 3.38. The van der Waals surface area contributed by atoms with E-state index in [1.165, 1.54) is 6.20 Å². The standard InChI is InChI=1S/C23H22N4O3S/c28-23(24-15-17-7-2-1-3-8-17)22-21(16-25-26-22)27-31(29,30)14-13-19-11-6-10-18-9-4-5-12-20(18)19/h1-12,16,27H,13-15H2,(H,24,28)(H,25,26). The van der Waals surface area contributed by atoms with Crippen molar-refractivity contribution in [2.24, 2.45) is 0 Å². The average molecular weight is 435 g/mol. The molecule has 0 radical (unpaired) electrons. The Morgan fingerprint density at radius 1 is 0.935 bits per heavy atom. The summed E-state index contributed by atoms with van der Waals surface area (Å²) in [7, 11) is -3.68. The number of sulfonamides is 1. The van der Waals surface area contributed by atoms with Gasteiger partial charge in [-0.15, -0.1) is 0 Å². The molecule has 8 heteroatoms. The third-order valence-corrected chi connectivity index (χ3v) is 6.21. The van der Waals surface area contributed by atoms with Gasteiger partial charge in [0.15, 0.2) is 5.69 Å². The molecule has 4 aromatic rings. The molecule has 0 fully saturated rings. The second-order valence-electron chi connectivity index (χ2n) is 7.13. The van der Waals surface area contributed by atoms with E-state index in [0.29, 0.717) is 13.0 Å². The van der Waals surface area contributed by atoms with Crippen LogP contribution in [0.25, 0.3) is 10.8 Å². The molecule has 0 spiro atoms. The Hall–Kier alpha value is -3.65. The van der Waals surface area contributed by atoms with Crippen molar-refractivity contribution >= 4 is 32.4 Å². The number of anilines is 1. The number of carbonyl (C=O) groups is 1. The van der Waals surface area contributed by atoms with E-state index < -0.39 is 15.9 Å². The summed E-state index contributed by atoms with van der Waals surface area (Å²) in [5.74, 6) is -0.575. The molecule has 1 amide bonds. The van der Waals surface area contributed by atoms with Crippen molar-refractivity contribution < 1.29 is 13.2 Å². The Morgan fingerprint density at radius 2 is 1.68 bits per heavy atom. The highest BCUT2D eigenvalue weighted by Crippen LogP contribution is 2.20. The first-order valence-corrected chi connectivity index (χ1v) is 11.5. The number of benzene rings is 3. The van der Waals surface area contributed by atoms with Gasteiger partial charge in [-0.2, -0.15) is 5.10 Å². The number of rotatable bonds is 8. The van der Waals surface area contributed by atoms with Gasteiger partial charge in [0.25, 0.3) is 5.91 Å². The average Bonchev–Trinajstić information content (AvgIpc) is 3.24. The van der Waals surface area contributed by atoms with Crippen LogP contribution in [0.3, 0.4) is 0 Å². The van der Waals surface area contributed by atoms with Crippen LogP contribution in [0.4, 0.5) is 5.69 Å². The third-order valence-electron chi connectivity index (χ3n) is 4.94. The molecule has 7 nitrogen and oxygen atoms in total. The second-order valence-corrected chi connectivity index (χ2v) is 8.97. The predicted octanol–water partition coefficient (Wildman–Crippen LogP) is 3.48. The van der Waals surface area contributed by atoms with E-state index in [4.69, 9.17) is 0 Å². The maximum Gasteiger partial charge on any atom is 0.274 e. The molecule has 0 saturated carbocycles. The number of hydrogen-bond donors (Lipinski definition) is 3. The molecular weight excluding hydrogens is 412 g/mol. The van der Waals surface area contributed by atoms with Gasteiger partial charge in [0, 0.05) is 12.7 Å². The van der Waals surface area contributed by atoms with Gasteiger partial charge in [-0.1, -0.05) is 72.8 Å². The van der Waals surface area contributed by atoms with Gasteiger partial charge >= 0.3 is 0 Å². The zero-order chi connectivity index (χ0) is 21.7. The van der Waals surface area contributed by atoms with Crippen LogP contribution in [0.15, 0.2) is 79.0 Å². The van der Waals surface area contributed by atoms with Gasteiger partial charge in [0.05, 0.1) is 11.4 Å². The third kappa shape index (κ3) is 5.10. The van der Waals surface area contributed by atoms with Crippen LogP contribution < -0.4 is 10.0 Å². The lowest BCUT2D eigenvalue weighted by Crippen LogP contribution is -2.25. The van der Waals surface area contributed by atoms with Crippen LogP contribution in [0.5, 0.6) is 0 Å². The van der Waals surface area contributed by atoms with Crippen LogP contribution in [0, 0.1) is 0 Å². The second kappa shape index (κ2) is 9.01.